The number of Topliss-reactive ketones (excluding diaryl/α,β-unsaturated/α-hetero) is 1. The molecule has 3 atom stereocenters. The number of halogens is 1. The molecule has 1 aromatic rings. The topological polar surface area (TPSA) is 113 Å². The Kier molecular flexibility index (Phi) is 5.46. The smallest absolute Gasteiger partial charge is 0.341 e. The minimum absolute atomic E-state index is 0.282. The molecule has 138 valence electrons. The first-order valence-corrected chi connectivity index (χ1v) is 7.92. The number of ether oxygens (including phenoxy) is 2. The molecule has 2 rings (SSSR count). The normalized spacial score (nSPS) is 23.2. The summed E-state index contributed by atoms with van der Waals surface area (Å²) in [5, 5.41) is 11.5. The van der Waals surface area contributed by atoms with Crippen LogP contribution in [0.2, 0.25) is 0 Å². The third kappa shape index (κ3) is 2.96. The van der Waals surface area contributed by atoms with Crippen molar-refractivity contribution in [2.45, 2.75) is 23.8 Å². The van der Waals surface area contributed by atoms with Gasteiger partial charge in [0.25, 0.3) is 0 Å². The molecule has 9 heteroatoms. The van der Waals surface area contributed by atoms with Gasteiger partial charge in [-0.2, -0.15) is 0 Å². The number of nitrogens with zero attached hydrogens (tertiary/aromatic N) is 1. The number of carbonyl (C=O) groups excluding carboxylic acids is 3. The van der Waals surface area contributed by atoms with E-state index in [0.717, 1.165) is 14.2 Å². The van der Waals surface area contributed by atoms with Crippen molar-refractivity contribution < 1.29 is 28.8 Å². The summed E-state index contributed by atoms with van der Waals surface area (Å²) in [7, 11) is 2.07. The quantitative estimate of drug-likeness (QED) is 0.195. The van der Waals surface area contributed by atoms with E-state index in [1.54, 1.807) is 18.2 Å². The molecule has 0 saturated heterocycles. The fourth-order valence-electron chi connectivity index (χ4n) is 3.04. The average Bonchev–Trinajstić information content (AvgIpc) is 2.73. The number of esters is 2. The molecule has 0 heterocycles. The van der Waals surface area contributed by atoms with E-state index in [2.05, 4.69) is 9.47 Å². The van der Waals surface area contributed by atoms with Crippen molar-refractivity contribution in [1.82, 2.24) is 0 Å². The maximum Gasteiger partial charge on any atom is 0.341 e. The maximum atomic E-state index is 13.0. The largest absolute Gasteiger partial charge is 0.467 e. The fourth-order valence-corrected chi connectivity index (χ4v) is 3.52. The van der Waals surface area contributed by atoms with E-state index >= 15 is 0 Å². The number of alkyl halides is 1. The van der Waals surface area contributed by atoms with Crippen LogP contribution in [0.4, 0.5) is 0 Å². The van der Waals surface area contributed by atoms with Gasteiger partial charge in [-0.1, -0.05) is 35.9 Å². The lowest BCUT2D eigenvalue weighted by atomic mass is 9.77. The average molecular weight is 382 g/mol. The molecule has 1 aliphatic rings. The van der Waals surface area contributed by atoms with Crippen LogP contribution in [0.25, 0.3) is 6.08 Å². The summed E-state index contributed by atoms with van der Waals surface area (Å²) >= 11 is 6.43. The highest BCUT2D eigenvalue weighted by Crippen LogP contribution is 2.45. The number of methoxy groups -OCH3 is 2. The minimum Gasteiger partial charge on any atom is -0.467 e. The number of fused-ring (bicyclic) bond motifs is 1. The molecule has 0 unspecified atom stereocenters. The van der Waals surface area contributed by atoms with Crippen LogP contribution in [-0.4, -0.2) is 47.8 Å². The molecular formula is C17H16ClNO7. The van der Waals surface area contributed by atoms with E-state index in [9.17, 15) is 24.5 Å². The third-order valence-electron chi connectivity index (χ3n) is 4.34. The highest BCUT2D eigenvalue weighted by Gasteiger charge is 2.60. The van der Waals surface area contributed by atoms with Gasteiger partial charge in [-0.05, 0) is 17.2 Å². The van der Waals surface area contributed by atoms with Gasteiger partial charge in [-0.3, -0.25) is 14.9 Å². The van der Waals surface area contributed by atoms with Gasteiger partial charge in [0.05, 0.1) is 20.1 Å². The lowest BCUT2D eigenvalue weighted by molar-refractivity contribution is -0.522. The lowest BCUT2D eigenvalue weighted by Crippen LogP contribution is -2.52. The van der Waals surface area contributed by atoms with Gasteiger partial charge in [0, 0.05) is 11.8 Å². The molecule has 0 fully saturated rings. The zero-order chi connectivity index (χ0) is 19.6. The highest BCUT2D eigenvalue weighted by molar-refractivity contribution is 6.51. The standard InChI is InChI=1S/C17H16ClNO7/c1-9(19(23)24)13-11-7-5-4-6-10(11)8-12(15(21)25-2)14(20)17(13,18)16(22)26-3/h4-9,13H,1-3H3/t9-,13+,17+/m1/s1. The second-order valence-electron chi connectivity index (χ2n) is 5.71. The summed E-state index contributed by atoms with van der Waals surface area (Å²) < 4.78 is 9.27. The van der Waals surface area contributed by atoms with Crippen molar-refractivity contribution >= 4 is 35.4 Å². The number of ketones is 1. The molecule has 8 nitrogen and oxygen atoms in total. The van der Waals surface area contributed by atoms with Crippen LogP contribution < -0.4 is 0 Å². The Balaban J connectivity index is 2.88. The van der Waals surface area contributed by atoms with Gasteiger partial charge in [-0.25, -0.2) is 9.59 Å². The molecule has 0 aromatic heterocycles. The van der Waals surface area contributed by atoms with Gasteiger partial charge in [-0.15, -0.1) is 0 Å². The molecule has 0 amide bonds. The Morgan fingerprint density at radius 3 is 2.42 bits per heavy atom. The first-order chi connectivity index (χ1) is 12.2. The Hall–Kier alpha value is -2.74. The number of benzene rings is 1. The van der Waals surface area contributed by atoms with E-state index in [0.29, 0.717) is 5.56 Å². The maximum absolute atomic E-state index is 13.0. The van der Waals surface area contributed by atoms with E-state index in [1.807, 2.05) is 0 Å². The van der Waals surface area contributed by atoms with Gasteiger partial charge in [0.15, 0.2) is 0 Å². The fraction of sp³-hybridized carbons (Fsp3) is 0.353. The van der Waals surface area contributed by atoms with Crippen LogP contribution in [0.1, 0.15) is 24.0 Å². The molecule has 1 aliphatic carbocycles. The van der Waals surface area contributed by atoms with Gasteiger partial charge in [0.2, 0.25) is 16.7 Å². The van der Waals surface area contributed by atoms with Crippen molar-refractivity contribution in [2.75, 3.05) is 14.2 Å². The van der Waals surface area contributed by atoms with Gasteiger partial charge >= 0.3 is 11.9 Å². The Labute approximate surface area is 153 Å². The second-order valence-corrected chi connectivity index (χ2v) is 6.31. The Morgan fingerprint density at radius 2 is 1.88 bits per heavy atom. The lowest BCUT2D eigenvalue weighted by Gasteiger charge is -2.31. The van der Waals surface area contributed by atoms with E-state index in [-0.39, 0.29) is 5.56 Å². The van der Waals surface area contributed by atoms with Gasteiger partial charge in [0.1, 0.15) is 5.57 Å². The molecule has 26 heavy (non-hydrogen) atoms. The van der Waals surface area contributed by atoms with Crippen LogP contribution >= 0.6 is 11.6 Å². The highest BCUT2D eigenvalue weighted by atomic mass is 35.5. The number of rotatable bonds is 4. The van der Waals surface area contributed by atoms with Crippen LogP contribution in [0.5, 0.6) is 0 Å². The predicted octanol–water partition coefficient (Wildman–Crippen LogP) is 1.73. The molecule has 0 N–H and O–H groups in total. The SMILES string of the molecule is COC(=O)C1=Cc2ccccc2[C@H]([C@@H](C)[N+](=O)[O-])[C@@](Cl)(C(=O)OC)C1=O. The molecule has 0 saturated carbocycles. The van der Waals surface area contributed by atoms with Crippen molar-refractivity contribution in [3.8, 4) is 0 Å². The van der Waals surface area contributed by atoms with Crippen LogP contribution in [0, 0.1) is 10.1 Å². The summed E-state index contributed by atoms with van der Waals surface area (Å²) in [5.41, 5.74) is 0.147. The first kappa shape index (κ1) is 19.6. The van der Waals surface area contributed by atoms with Crippen LogP contribution in [-0.2, 0) is 23.9 Å². The van der Waals surface area contributed by atoms with E-state index in [4.69, 9.17) is 11.6 Å². The molecule has 1 aromatic carbocycles. The summed E-state index contributed by atoms with van der Waals surface area (Å²) in [6.07, 6.45) is 1.22. The number of hydrogen-bond donors (Lipinski definition) is 0. The molecule has 0 bridgehead atoms. The zero-order valence-corrected chi connectivity index (χ0v) is 15.0. The van der Waals surface area contributed by atoms with Gasteiger partial charge < -0.3 is 9.47 Å². The number of nitro groups is 1. The summed E-state index contributed by atoms with van der Waals surface area (Å²) in [6, 6.07) is 4.88. The summed E-state index contributed by atoms with van der Waals surface area (Å²) in [6.45, 7) is 1.23. The van der Waals surface area contributed by atoms with Crippen molar-refractivity contribution in [3.05, 3.63) is 51.1 Å². The monoisotopic (exact) mass is 381 g/mol. The Morgan fingerprint density at radius 1 is 1.27 bits per heavy atom. The molecule has 0 aliphatic heterocycles. The predicted molar refractivity (Wildman–Crippen MR) is 91.2 cm³/mol. The van der Waals surface area contributed by atoms with E-state index < -0.39 is 45.1 Å². The number of hydrogen-bond acceptors (Lipinski definition) is 7. The van der Waals surface area contributed by atoms with E-state index in [1.165, 1.54) is 19.1 Å². The third-order valence-corrected chi connectivity index (χ3v) is 4.90. The first-order valence-electron chi connectivity index (χ1n) is 7.54. The summed E-state index contributed by atoms with van der Waals surface area (Å²) in [4.78, 5) is 46.0. The zero-order valence-electron chi connectivity index (χ0n) is 14.2. The molecular weight excluding hydrogens is 366 g/mol. The number of carbonyl (C=O) groups is 3. The van der Waals surface area contributed by atoms with Crippen LogP contribution in [0.15, 0.2) is 29.8 Å². The minimum atomic E-state index is -2.49. The molecule has 0 spiro atoms. The van der Waals surface area contributed by atoms with Crippen molar-refractivity contribution in [2.24, 2.45) is 0 Å². The summed E-state index contributed by atoms with van der Waals surface area (Å²) in [5.74, 6) is -4.66. The second kappa shape index (κ2) is 7.25. The van der Waals surface area contributed by atoms with Crippen molar-refractivity contribution in [1.29, 1.82) is 0 Å². The molecule has 0 radical (unpaired) electrons. The van der Waals surface area contributed by atoms with Crippen molar-refractivity contribution in [3.63, 3.8) is 0 Å². The van der Waals surface area contributed by atoms with Crippen LogP contribution in [0.3, 0.4) is 0 Å². The Bertz CT molecular complexity index is 819.